The van der Waals surface area contributed by atoms with Crippen LogP contribution in [0.4, 0.5) is 0 Å². The highest BCUT2D eigenvalue weighted by atomic mass is 79.9. The van der Waals surface area contributed by atoms with Crippen LogP contribution in [0.3, 0.4) is 0 Å². The van der Waals surface area contributed by atoms with Gasteiger partial charge < -0.3 is 5.32 Å². The molecular formula is C16H16BrNO. The first-order valence-corrected chi connectivity index (χ1v) is 6.98. The van der Waals surface area contributed by atoms with Gasteiger partial charge >= 0.3 is 0 Å². The average molecular weight is 318 g/mol. The van der Waals surface area contributed by atoms with E-state index < -0.39 is 0 Å². The second-order valence-corrected chi connectivity index (χ2v) is 5.53. The van der Waals surface area contributed by atoms with Crippen molar-refractivity contribution < 1.29 is 4.79 Å². The van der Waals surface area contributed by atoms with Crippen LogP contribution in [0.5, 0.6) is 0 Å². The van der Waals surface area contributed by atoms with Crippen molar-refractivity contribution >= 4 is 21.8 Å². The van der Waals surface area contributed by atoms with E-state index in [-0.39, 0.29) is 11.9 Å². The standard InChI is InChI=1S/C16H16BrNO/c1-11-4-3-5-14(10-11)16(19)18-12(2)13-6-8-15(17)9-7-13/h3-10,12H,1-2H3,(H,18,19). The lowest BCUT2D eigenvalue weighted by molar-refractivity contribution is 0.0940. The molecule has 0 radical (unpaired) electrons. The van der Waals surface area contributed by atoms with Crippen LogP contribution in [0.1, 0.15) is 34.5 Å². The zero-order valence-electron chi connectivity index (χ0n) is 11.0. The summed E-state index contributed by atoms with van der Waals surface area (Å²) in [6.45, 7) is 3.96. The van der Waals surface area contributed by atoms with Crippen LogP contribution in [-0.2, 0) is 0 Å². The quantitative estimate of drug-likeness (QED) is 0.901. The molecule has 0 bridgehead atoms. The fourth-order valence-electron chi connectivity index (χ4n) is 1.90. The molecular weight excluding hydrogens is 302 g/mol. The molecule has 2 aromatic carbocycles. The van der Waals surface area contributed by atoms with E-state index >= 15 is 0 Å². The van der Waals surface area contributed by atoms with Crippen molar-refractivity contribution in [3.8, 4) is 0 Å². The molecule has 1 N–H and O–H groups in total. The van der Waals surface area contributed by atoms with E-state index in [1.54, 1.807) is 0 Å². The minimum atomic E-state index is -0.0425. The van der Waals surface area contributed by atoms with E-state index in [1.165, 1.54) is 0 Å². The lowest BCUT2D eigenvalue weighted by Gasteiger charge is -2.14. The Bertz CT molecular complexity index is 578. The molecule has 2 aromatic rings. The molecule has 0 saturated heterocycles. The van der Waals surface area contributed by atoms with Crippen molar-refractivity contribution in [1.29, 1.82) is 0 Å². The zero-order chi connectivity index (χ0) is 13.8. The second kappa shape index (κ2) is 6.02. The summed E-state index contributed by atoms with van der Waals surface area (Å²) in [6.07, 6.45) is 0. The Morgan fingerprint density at radius 1 is 1.16 bits per heavy atom. The molecule has 2 nitrogen and oxygen atoms in total. The average Bonchev–Trinajstić information content (AvgIpc) is 2.39. The number of carbonyl (C=O) groups is 1. The van der Waals surface area contributed by atoms with E-state index in [0.717, 1.165) is 15.6 Å². The molecule has 0 heterocycles. The number of carbonyl (C=O) groups excluding carboxylic acids is 1. The first-order valence-electron chi connectivity index (χ1n) is 6.19. The summed E-state index contributed by atoms with van der Waals surface area (Å²) >= 11 is 3.40. The topological polar surface area (TPSA) is 29.1 Å². The number of hydrogen-bond donors (Lipinski definition) is 1. The van der Waals surface area contributed by atoms with Crippen molar-refractivity contribution in [3.63, 3.8) is 0 Å². The zero-order valence-corrected chi connectivity index (χ0v) is 12.6. The summed E-state index contributed by atoms with van der Waals surface area (Å²) in [7, 11) is 0. The van der Waals surface area contributed by atoms with E-state index in [4.69, 9.17) is 0 Å². The maximum absolute atomic E-state index is 12.1. The van der Waals surface area contributed by atoms with Crippen molar-refractivity contribution in [1.82, 2.24) is 5.32 Å². The first-order chi connectivity index (χ1) is 9.06. The van der Waals surface area contributed by atoms with Gasteiger partial charge in [0.2, 0.25) is 0 Å². The molecule has 0 aromatic heterocycles. The van der Waals surface area contributed by atoms with Crippen molar-refractivity contribution in [2.45, 2.75) is 19.9 Å². The van der Waals surface area contributed by atoms with E-state index in [9.17, 15) is 4.79 Å². The number of benzene rings is 2. The Labute approximate surface area is 122 Å². The van der Waals surface area contributed by atoms with Gasteiger partial charge in [0.05, 0.1) is 6.04 Å². The number of rotatable bonds is 3. The Hall–Kier alpha value is -1.61. The Balaban J connectivity index is 2.08. The van der Waals surface area contributed by atoms with Gasteiger partial charge in [-0.25, -0.2) is 0 Å². The Kier molecular flexibility index (Phi) is 4.38. The lowest BCUT2D eigenvalue weighted by atomic mass is 10.1. The number of amides is 1. The minimum absolute atomic E-state index is 0.0129. The SMILES string of the molecule is Cc1cccc(C(=O)NC(C)c2ccc(Br)cc2)c1. The third kappa shape index (κ3) is 3.67. The van der Waals surface area contributed by atoms with Crippen LogP contribution < -0.4 is 5.32 Å². The maximum atomic E-state index is 12.1. The predicted octanol–water partition coefficient (Wildman–Crippen LogP) is 4.25. The molecule has 19 heavy (non-hydrogen) atoms. The fourth-order valence-corrected chi connectivity index (χ4v) is 2.17. The summed E-state index contributed by atoms with van der Waals surface area (Å²) in [5, 5.41) is 3.00. The van der Waals surface area contributed by atoms with Gasteiger partial charge in [0.15, 0.2) is 0 Å². The highest BCUT2D eigenvalue weighted by Crippen LogP contribution is 2.17. The second-order valence-electron chi connectivity index (χ2n) is 4.62. The van der Waals surface area contributed by atoms with E-state index in [2.05, 4.69) is 21.2 Å². The maximum Gasteiger partial charge on any atom is 0.251 e. The van der Waals surface area contributed by atoms with Crippen LogP contribution >= 0.6 is 15.9 Å². The van der Waals surface area contributed by atoms with Crippen molar-refractivity contribution in [3.05, 3.63) is 69.7 Å². The summed E-state index contributed by atoms with van der Waals surface area (Å²) < 4.78 is 1.04. The lowest BCUT2D eigenvalue weighted by Crippen LogP contribution is -2.26. The van der Waals surface area contributed by atoms with E-state index in [0.29, 0.717) is 5.56 Å². The number of halogens is 1. The summed E-state index contributed by atoms with van der Waals surface area (Å²) in [5.74, 6) is -0.0425. The molecule has 0 aliphatic carbocycles. The first kappa shape index (κ1) is 13.8. The fraction of sp³-hybridized carbons (Fsp3) is 0.188. The monoisotopic (exact) mass is 317 g/mol. The van der Waals surface area contributed by atoms with Gasteiger partial charge in [-0.2, -0.15) is 0 Å². The van der Waals surface area contributed by atoms with Gasteiger partial charge in [-0.15, -0.1) is 0 Å². The smallest absolute Gasteiger partial charge is 0.251 e. The molecule has 0 aliphatic heterocycles. The van der Waals surface area contributed by atoms with Crippen molar-refractivity contribution in [2.24, 2.45) is 0 Å². The molecule has 0 spiro atoms. The van der Waals surface area contributed by atoms with Gasteiger partial charge in [-0.05, 0) is 43.7 Å². The molecule has 2 rings (SSSR count). The molecule has 0 saturated carbocycles. The van der Waals surface area contributed by atoms with E-state index in [1.807, 2.05) is 62.4 Å². The molecule has 0 aliphatic rings. The van der Waals surface area contributed by atoms with Gasteiger partial charge in [-0.1, -0.05) is 45.8 Å². The highest BCUT2D eigenvalue weighted by molar-refractivity contribution is 9.10. The summed E-state index contributed by atoms with van der Waals surface area (Å²) in [4.78, 5) is 12.1. The normalized spacial score (nSPS) is 11.9. The third-order valence-corrected chi connectivity index (χ3v) is 3.53. The molecule has 0 fully saturated rings. The van der Waals surface area contributed by atoms with Gasteiger partial charge in [0.25, 0.3) is 5.91 Å². The van der Waals surface area contributed by atoms with Gasteiger partial charge in [0.1, 0.15) is 0 Å². The van der Waals surface area contributed by atoms with Crippen molar-refractivity contribution in [2.75, 3.05) is 0 Å². The molecule has 3 heteroatoms. The van der Waals surface area contributed by atoms with Crippen LogP contribution in [0.15, 0.2) is 53.0 Å². The molecule has 1 atom stereocenters. The number of nitrogens with one attached hydrogen (secondary N) is 1. The highest BCUT2D eigenvalue weighted by Gasteiger charge is 2.11. The van der Waals surface area contributed by atoms with Gasteiger partial charge in [0, 0.05) is 10.0 Å². The Morgan fingerprint density at radius 3 is 2.47 bits per heavy atom. The van der Waals surface area contributed by atoms with Crippen LogP contribution in [0.2, 0.25) is 0 Å². The number of hydrogen-bond acceptors (Lipinski definition) is 1. The largest absolute Gasteiger partial charge is 0.346 e. The molecule has 1 amide bonds. The van der Waals surface area contributed by atoms with Crippen LogP contribution in [0, 0.1) is 6.92 Å². The van der Waals surface area contributed by atoms with Crippen LogP contribution in [-0.4, -0.2) is 5.91 Å². The van der Waals surface area contributed by atoms with Crippen LogP contribution in [0.25, 0.3) is 0 Å². The molecule has 98 valence electrons. The predicted molar refractivity (Wildman–Crippen MR) is 81.2 cm³/mol. The summed E-state index contributed by atoms with van der Waals surface area (Å²) in [6, 6.07) is 15.6. The Morgan fingerprint density at radius 2 is 1.84 bits per heavy atom. The third-order valence-electron chi connectivity index (χ3n) is 3.00. The number of aryl methyl sites for hydroxylation is 1. The molecule has 1 unspecified atom stereocenters. The minimum Gasteiger partial charge on any atom is -0.346 e. The van der Waals surface area contributed by atoms with Gasteiger partial charge in [-0.3, -0.25) is 4.79 Å². The summed E-state index contributed by atoms with van der Waals surface area (Å²) in [5.41, 5.74) is 2.87.